The lowest BCUT2D eigenvalue weighted by Crippen LogP contribution is -2.28. The van der Waals surface area contributed by atoms with Crippen LogP contribution in [0.15, 0.2) is 18.5 Å². The van der Waals surface area contributed by atoms with Gasteiger partial charge in [0.25, 0.3) is 0 Å². The highest BCUT2D eigenvalue weighted by molar-refractivity contribution is 5.14. The van der Waals surface area contributed by atoms with Crippen molar-refractivity contribution in [2.24, 2.45) is 11.8 Å². The topological polar surface area (TPSA) is 50.9 Å². The number of hydrogen-bond acceptors (Lipinski definition) is 3. The second-order valence-corrected chi connectivity index (χ2v) is 4.48. The molecular weight excluding hydrogens is 205 g/mol. The summed E-state index contributed by atoms with van der Waals surface area (Å²) in [7, 11) is 0. The maximum Gasteiger partial charge on any atom is 0.141 e. The Hall–Kier alpha value is -1.00. The molecule has 16 heavy (non-hydrogen) atoms. The standard InChI is InChI=1S/C12H20FN3/c1-9(2)4-3-5-12(16-14)10-6-11(13)8-15-7-10/h6-9,12,16H,3-5,14H2,1-2H3. The molecule has 3 nitrogen and oxygen atoms in total. The van der Waals surface area contributed by atoms with Crippen molar-refractivity contribution in [1.82, 2.24) is 10.4 Å². The van der Waals surface area contributed by atoms with E-state index in [-0.39, 0.29) is 11.9 Å². The van der Waals surface area contributed by atoms with Gasteiger partial charge in [0.05, 0.1) is 6.20 Å². The number of nitrogens with one attached hydrogen (secondary N) is 1. The highest BCUT2D eigenvalue weighted by atomic mass is 19.1. The first kappa shape index (κ1) is 13.1. The van der Waals surface area contributed by atoms with Crippen LogP contribution in [0.3, 0.4) is 0 Å². The number of pyridine rings is 1. The van der Waals surface area contributed by atoms with Gasteiger partial charge in [-0.3, -0.25) is 16.3 Å². The quantitative estimate of drug-likeness (QED) is 0.578. The van der Waals surface area contributed by atoms with Crippen LogP contribution in [0.4, 0.5) is 4.39 Å². The normalized spacial score (nSPS) is 13.1. The van der Waals surface area contributed by atoms with Crippen molar-refractivity contribution in [3.8, 4) is 0 Å². The van der Waals surface area contributed by atoms with E-state index in [0.717, 1.165) is 24.8 Å². The molecule has 4 heteroatoms. The van der Waals surface area contributed by atoms with Gasteiger partial charge in [-0.2, -0.15) is 0 Å². The van der Waals surface area contributed by atoms with Gasteiger partial charge in [-0.05, 0) is 24.0 Å². The Morgan fingerprint density at radius 1 is 1.38 bits per heavy atom. The summed E-state index contributed by atoms with van der Waals surface area (Å²) in [6.07, 6.45) is 5.98. The highest BCUT2D eigenvalue weighted by Gasteiger charge is 2.10. The average Bonchev–Trinajstić information content (AvgIpc) is 2.24. The SMILES string of the molecule is CC(C)CCCC(NN)c1cncc(F)c1. The molecule has 0 aliphatic heterocycles. The van der Waals surface area contributed by atoms with Gasteiger partial charge < -0.3 is 0 Å². The van der Waals surface area contributed by atoms with Gasteiger partial charge >= 0.3 is 0 Å². The minimum Gasteiger partial charge on any atom is -0.271 e. The molecule has 0 saturated carbocycles. The van der Waals surface area contributed by atoms with E-state index in [1.165, 1.54) is 12.3 Å². The predicted molar refractivity (Wildman–Crippen MR) is 62.9 cm³/mol. The first-order chi connectivity index (χ1) is 7.63. The minimum atomic E-state index is -0.318. The third-order valence-electron chi connectivity index (χ3n) is 2.60. The average molecular weight is 225 g/mol. The van der Waals surface area contributed by atoms with Gasteiger partial charge in [0.1, 0.15) is 5.82 Å². The van der Waals surface area contributed by atoms with E-state index in [4.69, 9.17) is 5.84 Å². The van der Waals surface area contributed by atoms with Crippen LogP contribution in [-0.4, -0.2) is 4.98 Å². The van der Waals surface area contributed by atoms with Gasteiger partial charge in [0.15, 0.2) is 0 Å². The molecule has 0 radical (unpaired) electrons. The molecule has 1 rings (SSSR count). The molecule has 0 spiro atoms. The Morgan fingerprint density at radius 3 is 2.69 bits per heavy atom. The van der Waals surface area contributed by atoms with Gasteiger partial charge in [-0.1, -0.05) is 26.7 Å². The molecule has 0 aliphatic carbocycles. The van der Waals surface area contributed by atoms with E-state index in [1.807, 2.05) is 0 Å². The van der Waals surface area contributed by atoms with Crippen LogP contribution in [0, 0.1) is 11.7 Å². The summed E-state index contributed by atoms with van der Waals surface area (Å²) < 4.78 is 13.0. The lowest BCUT2D eigenvalue weighted by Gasteiger charge is -2.16. The molecule has 0 fully saturated rings. The van der Waals surface area contributed by atoms with Crippen LogP contribution in [-0.2, 0) is 0 Å². The van der Waals surface area contributed by atoms with Crippen LogP contribution >= 0.6 is 0 Å². The zero-order chi connectivity index (χ0) is 12.0. The van der Waals surface area contributed by atoms with E-state index < -0.39 is 0 Å². The van der Waals surface area contributed by atoms with Gasteiger partial charge in [0, 0.05) is 12.2 Å². The summed E-state index contributed by atoms with van der Waals surface area (Å²) in [6, 6.07) is 1.47. The second kappa shape index (κ2) is 6.55. The smallest absolute Gasteiger partial charge is 0.141 e. The van der Waals surface area contributed by atoms with Crippen molar-refractivity contribution in [2.75, 3.05) is 0 Å². The van der Waals surface area contributed by atoms with Crippen molar-refractivity contribution in [3.63, 3.8) is 0 Å². The Labute approximate surface area is 96.2 Å². The Morgan fingerprint density at radius 2 is 2.12 bits per heavy atom. The number of halogens is 1. The number of aromatic nitrogens is 1. The zero-order valence-corrected chi connectivity index (χ0v) is 9.91. The van der Waals surface area contributed by atoms with E-state index in [1.54, 1.807) is 6.20 Å². The third-order valence-corrected chi connectivity index (χ3v) is 2.60. The largest absolute Gasteiger partial charge is 0.271 e. The molecule has 0 saturated heterocycles. The van der Waals surface area contributed by atoms with Crippen LogP contribution in [0.25, 0.3) is 0 Å². The fraction of sp³-hybridized carbons (Fsp3) is 0.583. The number of nitrogens with two attached hydrogens (primary N) is 1. The number of hydrogen-bond donors (Lipinski definition) is 2. The summed E-state index contributed by atoms with van der Waals surface area (Å²) in [4.78, 5) is 3.83. The van der Waals surface area contributed by atoms with Gasteiger partial charge in [0.2, 0.25) is 0 Å². The number of rotatable bonds is 6. The van der Waals surface area contributed by atoms with Crippen molar-refractivity contribution in [1.29, 1.82) is 0 Å². The Kier molecular flexibility index (Phi) is 5.35. The summed E-state index contributed by atoms with van der Waals surface area (Å²) in [6.45, 7) is 4.38. The first-order valence-corrected chi connectivity index (χ1v) is 5.70. The molecule has 0 bridgehead atoms. The lowest BCUT2D eigenvalue weighted by molar-refractivity contribution is 0.452. The summed E-state index contributed by atoms with van der Waals surface area (Å²) in [5.74, 6) is 5.84. The van der Waals surface area contributed by atoms with E-state index in [9.17, 15) is 4.39 Å². The van der Waals surface area contributed by atoms with E-state index >= 15 is 0 Å². The van der Waals surface area contributed by atoms with Crippen molar-refractivity contribution < 1.29 is 4.39 Å². The van der Waals surface area contributed by atoms with E-state index in [0.29, 0.717) is 5.92 Å². The maximum absolute atomic E-state index is 13.0. The van der Waals surface area contributed by atoms with E-state index in [2.05, 4.69) is 24.3 Å². The predicted octanol–water partition coefficient (Wildman–Crippen LogP) is 2.55. The van der Waals surface area contributed by atoms with Crippen molar-refractivity contribution in [3.05, 3.63) is 29.8 Å². The molecule has 90 valence electrons. The Bertz CT molecular complexity index is 315. The van der Waals surface area contributed by atoms with Gasteiger partial charge in [-0.25, -0.2) is 4.39 Å². The molecule has 1 unspecified atom stereocenters. The Balaban J connectivity index is 2.53. The summed E-state index contributed by atoms with van der Waals surface area (Å²) in [5.41, 5.74) is 3.52. The second-order valence-electron chi connectivity index (χ2n) is 4.48. The third kappa shape index (κ3) is 4.24. The number of hydrazine groups is 1. The molecule has 1 aromatic rings. The number of nitrogens with zero attached hydrogens (tertiary/aromatic N) is 1. The molecule has 0 aliphatic rings. The van der Waals surface area contributed by atoms with Crippen LogP contribution in [0.2, 0.25) is 0 Å². The molecule has 3 N–H and O–H groups in total. The lowest BCUT2D eigenvalue weighted by atomic mass is 9.99. The van der Waals surface area contributed by atoms with Crippen LogP contribution < -0.4 is 11.3 Å². The molecule has 1 aromatic heterocycles. The first-order valence-electron chi connectivity index (χ1n) is 5.70. The summed E-state index contributed by atoms with van der Waals surface area (Å²) in [5, 5.41) is 0. The molecule has 0 aromatic carbocycles. The van der Waals surface area contributed by atoms with Crippen molar-refractivity contribution in [2.45, 2.75) is 39.2 Å². The molecular formula is C12H20FN3. The molecule has 1 heterocycles. The summed E-state index contributed by atoms with van der Waals surface area (Å²) >= 11 is 0. The highest BCUT2D eigenvalue weighted by Crippen LogP contribution is 2.19. The molecule has 1 atom stereocenters. The van der Waals surface area contributed by atoms with Crippen LogP contribution in [0.1, 0.15) is 44.7 Å². The fourth-order valence-corrected chi connectivity index (χ4v) is 1.70. The monoisotopic (exact) mass is 225 g/mol. The van der Waals surface area contributed by atoms with Crippen LogP contribution in [0.5, 0.6) is 0 Å². The van der Waals surface area contributed by atoms with Gasteiger partial charge in [-0.15, -0.1) is 0 Å². The fourth-order valence-electron chi connectivity index (χ4n) is 1.70. The maximum atomic E-state index is 13.0. The molecule has 0 amide bonds. The zero-order valence-electron chi connectivity index (χ0n) is 9.91. The van der Waals surface area contributed by atoms with Crippen molar-refractivity contribution >= 4 is 0 Å². The minimum absolute atomic E-state index is 0.0121.